The first-order chi connectivity index (χ1) is 13.1. The van der Waals surface area contributed by atoms with Crippen LogP contribution in [0.2, 0.25) is 0 Å². The third-order valence-electron chi connectivity index (χ3n) is 4.80. The summed E-state index contributed by atoms with van der Waals surface area (Å²) in [4.78, 5) is 14.7. The molecule has 0 aliphatic carbocycles. The summed E-state index contributed by atoms with van der Waals surface area (Å²) in [7, 11) is 0. The van der Waals surface area contributed by atoms with Crippen LogP contribution < -0.4 is 14.8 Å². The highest BCUT2D eigenvalue weighted by atomic mass is 16.7. The highest BCUT2D eigenvalue weighted by Gasteiger charge is 2.16. The lowest BCUT2D eigenvalue weighted by atomic mass is 10.1. The lowest BCUT2D eigenvalue weighted by molar-refractivity contribution is 0.174. The van der Waals surface area contributed by atoms with Crippen molar-refractivity contribution in [1.82, 2.24) is 4.90 Å². The largest absolute Gasteiger partial charge is 0.454 e. The molecule has 0 bridgehead atoms. The highest BCUT2D eigenvalue weighted by molar-refractivity contribution is 5.90. The number of hydrogen-bond acceptors (Lipinski definition) is 3. The van der Waals surface area contributed by atoms with Crippen molar-refractivity contribution in [3.05, 3.63) is 53.1 Å². The molecule has 1 aliphatic heterocycles. The molecule has 0 spiro atoms. The van der Waals surface area contributed by atoms with Gasteiger partial charge in [-0.15, -0.1) is 0 Å². The fraction of sp³-hybridized carbons (Fsp3) is 0.409. The molecule has 1 aliphatic rings. The lowest BCUT2D eigenvalue weighted by Gasteiger charge is -2.24. The number of ether oxygens (including phenoxy) is 2. The molecule has 2 aromatic carbocycles. The van der Waals surface area contributed by atoms with Crippen LogP contribution in [-0.4, -0.2) is 30.8 Å². The Morgan fingerprint density at radius 1 is 1.07 bits per heavy atom. The zero-order chi connectivity index (χ0) is 19.2. The molecule has 2 amide bonds. The number of carbonyl (C=O) groups is 1. The number of urea groups is 1. The zero-order valence-electron chi connectivity index (χ0n) is 16.4. The summed E-state index contributed by atoms with van der Waals surface area (Å²) in [5, 5.41) is 3.07. The number of aryl methyl sites for hydroxylation is 2. The monoisotopic (exact) mass is 368 g/mol. The van der Waals surface area contributed by atoms with E-state index >= 15 is 0 Å². The molecule has 0 atom stereocenters. The summed E-state index contributed by atoms with van der Waals surface area (Å²) in [6.07, 6.45) is 2.82. The average Bonchev–Trinajstić information content (AvgIpc) is 3.12. The summed E-state index contributed by atoms with van der Waals surface area (Å²) in [6, 6.07) is 12.0. The van der Waals surface area contributed by atoms with Crippen molar-refractivity contribution < 1.29 is 14.3 Å². The number of hydrogen-bond donors (Lipinski definition) is 1. The van der Waals surface area contributed by atoms with Gasteiger partial charge in [-0.2, -0.15) is 0 Å². The van der Waals surface area contributed by atoms with E-state index in [1.54, 1.807) is 0 Å². The Bertz CT molecular complexity index is 804. The Kier molecular flexibility index (Phi) is 6.22. The molecule has 0 fully saturated rings. The molecule has 5 heteroatoms. The molecular formula is C22H28N2O3. The number of nitrogens with zero attached hydrogens (tertiary/aromatic N) is 1. The lowest BCUT2D eigenvalue weighted by Crippen LogP contribution is -2.37. The quantitative estimate of drug-likeness (QED) is 0.755. The second kappa shape index (κ2) is 8.80. The van der Waals surface area contributed by atoms with E-state index in [1.807, 2.05) is 42.2 Å². The van der Waals surface area contributed by atoms with Gasteiger partial charge in [-0.1, -0.05) is 37.1 Å². The van der Waals surface area contributed by atoms with Crippen LogP contribution in [0.5, 0.6) is 11.5 Å². The molecule has 0 saturated heterocycles. The zero-order valence-corrected chi connectivity index (χ0v) is 16.4. The van der Waals surface area contributed by atoms with Crippen molar-refractivity contribution in [2.75, 3.05) is 25.2 Å². The van der Waals surface area contributed by atoms with Crippen LogP contribution in [0.4, 0.5) is 10.5 Å². The van der Waals surface area contributed by atoms with Crippen molar-refractivity contribution >= 4 is 11.7 Å². The number of unbranched alkanes of at least 4 members (excludes halogenated alkanes) is 1. The van der Waals surface area contributed by atoms with Gasteiger partial charge in [0.25, 0.3) is 0 Å². The summed E-state index contributed by atoms with van der Waals surface area (Å²) in [6.45, 7) is 7.90. The number of rotatable bonds is 7. The molecule has 0 saturated carbocycles. The molecule has 1 N–H and O–H groups in total. The second-order valence-corrected chi connectivity index (χ2v) is 7.03. The van der Waals surface area contributed by atoms with E-state index in [0.717, 1.165) is 54.1 Å². The van der Waals surface area contributed by atoms with Crippen LogP contribution in [0.15, 0.2) is 36.4 Å². The van der Waals surface area contributed by atoms with Crippen molar-refractivity contribution in [3.8, 4) is 11.5 Å². The first-order valence-electron chi connectivity index (χ1n) is 9.58. The van der Waals surface area contributed by atoms with Crippen molar-refractivity contribution in [3.63, 3.8) is 0 Å². The van der Waals surface area contributed by atoms with E-state index in [9.17, 15) is 4.79 Å². The van der Waals surface area contributed by atoms with Crippen LogP contribution >= 0.6 is 0 Å². The summed E-state index contributed by atoms with van der Waals surface area (Å²) < 4.78 is 10.8. The molecule has 0 unspecified atom stereocenters. The molecule has 5 nitrogen and oxygen atoms in total. The molecule has 144 valence electrons. The second-order valence-electron chi connectivity index (χ2n) is 7.03. The first-order valence-corrected chi connectivity index (χ1v) is 9.58. The molecule has 27 heavy (non-hydrogen) atoms. The number of fused-ring (bicyclic) bond motifs is 1. The first kappa shape index (κ1) is 19.1. The number of benzene rings is 2. The van der Waals surface area contributed by atoms with Crippen molar-refractivity contribution in [2.24, 2.45) is 0 Å². The molecule has 0 radical (unpaired) electrons. The van der Waals surface area contributed by atoms with Gasteiger partial charge < -0.3 is 19.7 Å². The molecular weight excluding hydrogens is 340 g/mol. The highest BCUT2D eigenvalue weighted by Crippen LogP contribution is 2.32. The number of amides is 2. The van der Waals surface area contributed by atoms with Crippen LogP contribution in [0.25, 0.3) is 0 Å². The minimum absolute atomic E-state index is 0.0452. The Morgan fingerprint density at radius 3 is 2.67 bits per heavy atom. The van der Waals surface area contributed by atoms with Crippen molar-refractivity contribution in [1.29, 1.82) is 0 Å². The predicted molar refractivity (Wildman–Crippen MR) is 108 cm³/mol. The number of nitrogens with one attached hydrogen (secondary N) is 1. The van der Waals surface area contributed by atoms with Gasteiger partial charge in [0.15, 0.2) is 11.5 Å². The van der Waals surface area contributed by atoms with Gasteiger partial charge in [-0.05, 0) is 56.0 Å². The van der Waals surface area contributed by atoms with Crippen LogP contribution in [-0.2, 0) is 6.42 Å². The Labute approximate surface area is 161 Å². The van der Waals surface area contributed by atoms with E-state index in [0.29, 0.717) is 6.54 Å². The van der Waals surface area contributed by atoms with Crippen LogP contribution in [0.3, 0.4) is 0 Å². The van der Waals surface area contributed by atoms with Gasteiger partial charge in [0, 0.05) is 18.8 Å². The third kappa shape index (κ3) is 4.94. The Hall–Kier alpha value is -2.69. The number of carbonyl (C=O) groups excluding carboxylic acids is 1. The molecule has 0 aromatic heterocycles. The van der Waals surface area contributed by atoms with Crippen LogP contribution in [0, 0.1) is 13.8 Å². The normalized spacial score (nSPS) is 12.1. The maximum Gasteiger partial charge on any atom is 0.321 e. The Balaban J connectivity index is 1.64. The fourth-order valence-electron chi connectivity index (χ4n) is 3.17. The van der Waals surface area contributed by atoms with E-state index in [2.05, 4.69) is 25.2 Å². The summed E-state index contributed by atoms with van der Waals surface area (Å²) in [5.74, 6) is 1.57. The Morgan fingerprint density at radius 2 is 1.89 bits per heavy atom. The van der Waals surface area contributed by atoms with Gasteiger partial charge in [0.05, 0.1) is 0 Å². The SMILES string of the molecule is CCCCN(CCc1ccc2c(c1)OCO2)C(=O)Nc1ccc(C)cc1C. The van der Waals surface area contributed by atoms with Gasteiger partial charge in [0.1, 0.15) is 0 Å². The molecule has 3 rings (SSSR count). The topological polar surface area (TPSA) is 50.8 Å². The van der Waals surface area contributed by atoms with E-state index in [-0.39, 0.29) is 12.8 Å². The standard InChI is InChI=1S/C22H28N2O3/c1-4-5-11-24(22(25)23-19-8-6-16(2)13-17(19)3)12-10-18-7-9-20-21(14-18)27-15-26-20/h6-9,13-14H,4-5,10-12,15H2,1-3H3,(H,23,25). The van der Waals surface area contributed by atoms with Gasteiger partial charge in [0.2, 0.25) is 6.79 Å². The predicted octanol–water partition coefficient (Wildman–Crippen LogP) is 4.91. The smallest absolute Gasteiger partial charge is 0.321 e. The van der Waals surface area contributed by atoms with Crippen molar-refractivity contribution in [2.45, 2.75) is 40.0 Å². The fourth-order valence-corrected chi connectivity index (χ4v) is 3.17. The van der Waals surface area contributed by atoms with E-state index in [1.165, 1.54) is 5.56 Å². The maximum absolute atomic E-state index is 12.8. The van der Waals surface area contributed by atoms with E-state index < -0.39 is 0 Å². The van der Waals surface area contributed by atoms with Gasteiger partial charge in [-0.3, -0.25) is 0 Å². The minimum atomic E-state index is -0.0452. The molecule has 2 aromatic rings. The molecule has 1 heterocycles. The maximum atomic E-state index is 12.8. The van der Waals surface area contributed by atoms with Crippen LogP contribution in [0.1, 0.15) is 36.5 Å². The van der Waals surface area contributed by atoms with Gasteiger partial charge in [-0.25, -0.2) is 4.79 Å². The average molecular weight is 368 g/mol. The van der Waals surface area contributed by atoms with E-state index in [4.69, 9.17) is 9.47 Å². The third-order valence-corrected chi connectivity index (χ3v) is 4.80. The number of anilines is 1. The minimum Gasteiger partial charge on any atom is -0.454 e. The van der Waals surface area contributed by atoms with Gasteiger partial charge >= 0.3 is 6.03 Å². The summed E-state index contributed by atoms with van der Waals surface area (Å²) in [5.41, 5.74) is 4.28. The summed E-state index contributed by atoms with van der Waals surface area (Å²) >= 11 is 0.